The van der Waals surface area contributed by atoms with Crippen LogP contribution in [0.4, 0.5) is 30.8 Å². The highest BCUT2D eigenvalue weighted by Gasteiger charge is 2.28. The van der Waals surface area contributed by atoms with E-state index >= 15 is 0 Å². The van der Waals surface area contributed by atoms with Crippen LogP contribution in [-0.2, 0) is 9.59 Å². The van der Waals surface area contributed by atoms with Crippen LogP contribution in [0.5, 0.6) is 0 Å². The largest absolute Gasteiger partial charge is 0.405 e. The molecule has 0 radical (unpaired) electrons. The van der Waals surface area contributed by atoms with Gasteiger partial charge in [0.15, 0.2) is 5.65 Å². The number of amides is 2. The van der Waals surface area contributed by atoms with Crippen molar-refractivity contribution in [3.63, 3.8) is 0 Å². The Morgan fingerprint density at radius 3 is 2.78 bits per heavy atom. The van der Waals surface area contributed by atoms with Crippen LogP contribution in [0.3, 0.4) is 0 Å². The van der Waals surface area contributed by atoms with Crippen molar-refractivity contribution >= 4 is 41.1 Å². The van der Waals surface area contributed by atoms with E-state index in [-0.39, 0.29) is 29.5 Å². The highest BCUT2D eigenvalue weighted by atomic mass is 19.4. The monoisotopic (exact) mass is 441 g/mol. The molecule has 1 aliphatic heterocycles. The summed E-state index contributed by atoms with van der Waals surface area (Å²) >= 11 is 0. The van der Waals surface area contributed by atoms with E-state index in [1.54, 1.807) is 24.3 Å². The molecule has 0 bridgehead atoms. The van der Waals surface area contributed by atoms with Gasteiger partial charge < -0.3 is 10.6 Å². The van der Waals surface area contributed by atoms with Gasteiger partial charge >= 0.3 is 6.18 Å². The van der Waals surface area contributed by atoms with Crippen LogP contribution < -0.4 is 16.0 Å². The maximum atomic E-state index is 12.8. The smallest absolute Gasteiger partial charge is 0.345 e. The highest BCUT2D eigenvalue weighted by Crippen LogP contribution is 2.23. The second kappa shape index (κ2) is 8.03. The number of rotatable bonds is 5. The molecule has 3 aromatic rings. The van der Waals surface area contributed by atoms with Gasteiger partial charge in [-0.05, 0) is 24.3 Å². The van der Waals surface area contributed by atoms with Gasteiger partial charge in [0.1, 0.15) is 6.54 Å². The molecule has 0 spiro atoms. The molecule has 0 aliphatic carbocycles. The first-order chi connectivity index (χ1) is 15.2. The SMILES string of the molecule is C#Cc1cccc(Nc2nc(NCC(F)(F)F)n3ncc(/C=C4\CC(=O)NC4=O)c3n2)c1. The summed E-state index contributed by atoms with van der Waals surface area (Å²) in [5, 5.41) is 11.3. The normalized spacial score (nSPS) is 15.1. The van der Waals surface area contributed by atoms with E-state index in [2.05, 4.69) is 36.9 Å². The Bertz CT molecular complexity index is 1300. The van der Waals surface area contributed by atoms with E-state index in [0.29, 0.717) is 16.8 Å². The first kappa shape index (κ1) is 20.9. The summed E-state index contributed by atoms with van der Waals surface area (Å²) < 4.78 is 39.4. The topological polar surface area (TPSA) is 113 Å². The van der Waals surface area contributed by atoms with Crippen molar-refractivity contribution in [3.8, 4) is 12.3 Å². The van der Waals surface area contributed by atoms with Crippen LogP contribution >= 0.6 is 0 Å². The van der Waals surface area contributed by atoms with Crippen LogP contribution in [0.25, 0.3) is 11.7 Å². The molecule has 3 heterocycles. The van der Waals surface area contributed by atoms with E-state index in [1.165, 1.54) is 12.3 Å². The van der Waals surface area contributed by atoms with E-state index in [1.807, 2.05) is 0 Å². The second-order valence-electron chi connectivity index (χ2n) is 6.75. The maximum absolute atomic E-state index is 12.8. The highest BCUT2D eigenvalue weighted by molar-refractivity contribution is 6.15. The minimum atomic E-state index is -4.49. The fourth-order valence-electron chi connectivity index (χ4n) is 2.97. The molecule has 0 saturated carbocycles. The Kier molecular flexibility index (Phi) is 5.23. The van der Waals surface area contributed by atoms with Crippen LogP contribution in [-0.4, -0.2) is 44.1 Å². The number of benzene rings is 1. The summed E-state index contributed by atoms with van der Waals surface area (Å²) in [5.41, 5.74) is 1.73. The molecule has 1 saturated heterocycles. The summed E-state index contributed by atoms with van der Waals surface area (Å²) in [6.07, 6.45) is 3.50. The number of hydrogen-bond donors (Lipinski definition) is 3. The summed E-state index contributed by atoms with van der Waals surface area (Å²) in [4.78, 5) is 31.7. The lowest BCUT2D eigenvalue weighted by Gasteiger charge is -2.12. The summed E-state index contributed by atoms with van der Waals surface area (Å²) in [6, 6.07) is 6.74. The predicted molar refractivity (Wildman–Crippen MR) is 109 cm³/mol. The van der Waals surface area contributed by atoms with Crippen molar-refractivity contribution in [3.05, 3.63) is 47.2 Å². The molecule has 32 heavy (non-hydrogen) atoms. The molecule has 1 aliphatic rings. The van der Waals surface area contributed by atoms with Crippen LogP contribution in [0.2, 0.25) is 0 Å². The molecular formula is C20H14F3N7O2. The lowest BCUT2D eigenvalue weighted by molar-refractivity contribution is -0.124. The number of carbonyl (C=O) groups excluding carboxylic acids is 2. The number of anilines is 3. The molecule has 1 fully saturated rings. The average molecular weight is 441 g/mol. The minimum Gasteiger partial charge on any atom is -0.345 e. The Hall–Kier alpha value is -4.40. The number of halogens is 3. The summed E-state index contributed by atoms with van der Waals surface area (Å²) in [7, 11) is 0. The fraction of sp³-hybridized carbons (Fsp3) is 0.150. The van der Waals surface area contributed by atoms with Crippen molar-refractivity contribution in [1.29, 1.82) is 0 Å². The summed E-state index contributed by atoms with van der Waals surface area (Å²) in [6.45, 7) is -1.35. The second-order valence-corrected chi connectivity index (χ2v) is 6.75. The lowest BCUT2D eigenvalue weighted by atomic mass is 10.1. The lowest BCUT2D eigenvalue weighted by Crippen LogP contribution is -2.23. The third-order valence-corrected chi connectivity index (χ3v) is 4.35. The van der Waals surface area contributed by atoms with Gasteiger partial charge in [-0.25, -0.2) is 0 Å². The van der Waals surface area contributed by atoms with E-state index in [9.17, 15) is 22.8 Å². The molecule has 9 nitrogen and oxygen atoms in total. The molecule has 3 N–H and O–H groups in total. The molecular weight excluding hydrogens is 427 g/mol. The van der Waals surface area contributed by atoms with Crippen molar-refractivity contribution in [1.82, 2.24) is 24.9 Å². The van der Waals surface area contributed by atoms with E-state index in [0.717, 1.165) is 4.52 Å². The van der Waals surface area contributed by atoms with Gasteiger partial charge in [0, 0.05) is 22.4 Å². The van der Waals surface area contributed by atoms with Crippen molar-refractivity contribution in [2.24, 2.45) is 0 Å². The van der Waals surface area contributed by atoms with Crippen LogP contribution in [0.15, 0.2) is 36.0 Å². The van der Waals surface area contributed by atoms with Gasteiger partial charge in [-0.3, -0.25) is 14.9 Å². The van der Waals surface area contributed by atoms with Gasteiger partial charge in [0.25, 0.3) is 5.91 Å². The molecule has 0 atom stereocenters. The van der Waals surface area contributed by atoms with Crippen molar-refractivity contribution in [2.75, 3.05) is 17.2 Å². The maximum Gasteiger partial charge on any atom is 0.405 e. The van der Waals surface area contributed by atoms with E-state index in [4.69, 9.17) is 6.42 Å². The molecule has 4 rings (SSSR count). The fourth-order valence-corrected chi connectivity index (χ4v) is 2.97. The third kappa shape index (κ3) is 4.51. The Labute approximate surface area is 178 Å². The number of alkyl halides is 3. The number of imide groups is 1. The average Bonchev–Trinajstić information content (AvgIpc) is 3.28. The van der Waals surface area contributed by atoms with Crippen LogP contribution in [0, 0.1) is 12.3 Å². The Balaban J connectivity index is 1.77. The van der Waals surface area contributed by atoms with Gasteiger partial charge in [-0.15, -0.1) is 6.42 Å². The zero-order valence-corrected chi connectivity index (χ0v) is 16.2. The minimum absolute atomic E-state index is 0.0246. The van der Waals surface area contributed by atoms with Crippen LogP contribution in [0.1, 0.15) is 17.5 Å². The number of carbonyl (C=O) groups is 2. The van der Waals surface area contributed by atoms with E-state index < -0.39 is 24.5 Å². The first-order valence-corrected chi connectivity index (χ1v) is 9.17. The van der Waals surface area contributed by atoms with Crippen molar-refractivity contribution in [2.45, 2.75) is 12.6 Å². The number of fused-ring (bicyclic) bond motifs is 1. The number of nitrogens with zero attached hydrogens (tertiary/aromatic N) is 4. The predicted octanol–water partition coefficient (Wildman–Crippen LogP) is 2.25. The number of terminal acetylenes is 1. The number of hydrogen-bond acceptors (Lipinski definition) is 7. The van der Waals surface area contributed by atoms with Gasteiger partial charge in [0.05, 0.1) is 12.6 Å². The summed E-state index contributed by atoms with van der Waals surface area (Å²) in [5.74, 6) is 1.23. The van der Waals surface area contributed by atoms with Gasteiger partial charge in [0.2, 0.25) is 17.8 Å². The molecule has 1 aromatic carbocycles. The first-order valence-electron chi connectivity index (χ1n) is 9.17. The Morgan fingerprint density at radius 1 is 1.28 bits per heavy atom. The number of nitrogens with one attached hydrogen (secondary N) is 3. The molecule has 2 amide bonds. The van der Waals surface area contributed by atoms with Crippen molar-refractivity contribution < 1.29 is 22.8 Å². The zero-order chi connectivity index (χ0) is 22.9. The Morgan fingerprint density at radius 2 is 2.09 bits per heavy atom. The number of aromatic nitrogens is 4. The molecule has 162 valence electrons. The standard InChI is InChI=1S/C20H14F3N7O2/c1-2-11-4-3-5-14(6-11)26-18-28-16-13(7-12-8-15(31)27-17(12)32)9-25-30(16)19(29-18)24-10-20(21,22)23/h1,3-7,9H,8,10H2,(H,27,31,32)(H2,24,26,28,29)/b12-7+. The van der Waals surface area contributed by atoms with Gasteiger partial charge in [-0.1, -0.05) is 12.0 Å². The third-order valence-electron chi connectivity index (χ3n) is 4.35. The molecule has 12 heteroatoms. The zero-order valence-electron chi connectivity index (χ0n) is 16.2. The quantitative estimate of drug-likeness (QED) is 0.316. The molecule has 0 unspecified atom stereocenters. The molecule has 2 aromatic heterocycles. The van der Waals surface area contributed by atoms with Gasteiger partial charge in [-0.2, -0.15) is 32.8 Å².